The van der Waals surface area contributed by atoms with Gasteiger partial charge < -0.3 is 20.3 Å². The van der Waals surface area contributed by atoms with Crippen LogP contribution in [0.25, 0.3) is 0 Å². The average Bonchev–Trinajstić information content (AvgIpc) is 2.83. The zero-order valence-electron chi connectivity index (χ0n) is 12.8. The first-order valence-corrected chi connectivity index (χ1v) is 7.44. The summed E-state index contributed by atoms with van der Waals surface area (Å²) in [6.07, 6.45) is 0.717. The summed E-state index contributed by atoms with van der Waals surface area (Å²) in [5.74, 6) is -0.544. The van der Waals surface area contributed by atoms with E-state index in [4.69, 9.17) is 4.74 Å². The van der Waals surface area contributed by atoms with E-state index in [1.807, 2.05) is 0 Å². The Bertz CT molecular complexity index is 674. The number of methoxy groups -OCH3 is 1. The van der Waals surface area contributed by atoms with E-state index in [9.17, 15) is 14.0 Å². The molecule has 122 valence electrons. The van der Waals surface area contributed by atoms with E-state index >= 15 is 0 Å². The molecule has 7 heteroatoms. The molecule has 2 aliphatic rings. The van der Waals surface area contributed by atoms with Crippen LogP contribution in [0, 0.1) is 5.82 Å². The molecule has 1 unspecified atom stereocenters. The number of benzene rings is 1. The molecule has 23 heavy (non-hydrogen) atoms. The summed E-state index contributed by atoms with van der Waals surface area (Å²) < 4.78 is 18.5. The first-order chi connectivity index (χ1) is 11.1. The van der Waals surface area contributed by atoms with Gasteiger partial charge in [-0.1, -0.05) is 12.1 Å². The van der Waals surface area contributed by atoms with Crippen LogP contribution in [0.1, 0.15) is 18.0 Å². The number of rotatable bonds is 5. The van der Waals surface area contributed by atoms with E-state index in [1.165, 1.54) is 12.1 Å². The number of nitrogens with one attached hydrogen (secondary N) is 2. The third-order valence-electron chi connectivity index (χ3n) is 3.98. The molecule has 3 rings (SSSR count). The molecule has 0 saturated carbocycles. The fraction of sp³-hybridized carbons (Fsp3) is 0.375. The van der Waals surface area contributed by atoms with Gasteiger partial charge in [-0.2, -0.15) is 0 Å². The van der Waals surface area contributed by atoms with Crippen LogP contribution in [0.4, 0.5) is 9.18 Å². The highest BCUT2D eigenvalue weighted by Gasteiger charge is 2.40. The Morgan fingerprint density at radius 3 is 2.96 bits per heavy atom. The van der Waals surface area contributed by atoms with Crippen molar-refractivity contribution in [2.24, 2.45) is 0 Å². The zero-order valence-corrected chi connectivity index (χ0v) is 12.8. The van der Waals surface area contributed by atoms with Crippen LogP contribution in [0.2, 0.25) is 0 Å². The van der Waals surface area contributed by atoms with Crippen molar-refractivity contribution in [1.82, 2.24) is 15.5 Å². The first-order valence-electron chi connectivity index (χ1n) is 7.44. The van der Waals surface area contributed by atoms with Gasteiger partial charge in [0, 0.05) is 20.3 Å². The maximum Gasteiger partial charge on any atom is 0.319 e. The van der Waals surface area contributed by atoms with E-state index in [0.717, 1.165) is 6.42 Å². The summed E-state index contributed by atoms with van der Waals surface area (Å²) in [6, 6.07) is 4.91. The van der Waals surface area contributed by atoms with E-state index in [-0.39, 0.29) is 11.9 Å². The fourth-order valence-corrected chi connectivity index (χ4v) is 2.94. The van der Waals surface area contributed by atoms with E-state index in [0.29, 0.717) is 36.5 Å². The number of carbonyl (C=O) groups is 2. The molecule has 0 fully saturated rings. The summed E-state index contributed by atoms with van der Waals surface area (Å²) in [7, 11) is 1.61. The Hall–Kier alpha value is -2.41. The molecule has 2 N–H and O–H groups in total. The Kier molecular flexibility index (Phi) is 4.29. The highest BCUT2D eigenvalue weighted by Crippen LogP contribution is 2.32. The third-order valence-corrected chi connectivity index (χ3v) is 3.98. The highest BCUT2D eigenvalue weighted by atomic mass is 19.1. The number of carbonyl (C=O) groups excluding carboxylic acids is 2. The van der Waals surface area contributed by atoms with Gasteiger partial charge in [0.15, 0.2) is 0 Å². The molecule has 1 aromatic rings. The number of halogens is 1. The fourth-order valence-electron chi connectivity index (χ4n) is 2.94. The number of nitrogens with zero attached hydrogens (tertiary/aromatic N) is 1. The summed E-state index contributed by atoms with van der Waals surface area (Å²) in [5.41, 5.74) is 1.62. The SMILES string of the molecule is COCCCN1CC2=C(C1=O)C(c1cccc(F)c1)NC(=O)N2. The third kappa shape index (κ3) is 3.05. The zero-order chi connectivity index (χ0) is 16.4. The van der Waals surface area contributed by atoms with Crippen LogP contribution in [0.5, 0.6) is 0 Å². The normalized spacial score (nSPS) is 20.4. The molecule has 0 aliphatic carbocycles. The lowest BCUT2D eigenvalue weighted by Gasteiger charge is -2.25. The highest BCUT2D eigenvalue weighted by molar-refractivity contribution is 6.01. The monoisotopic (exact) mass is 319 g/mol. The number of amides is 3. The van der Waals surface area contributed by atoms with Crippen LogP contribution in [-0.2, 0) is 9.53 Å². The minimum atomic E-state index is -0.630. The van der Waals surface area contributed by atoms with Gasteiger partial charge in [-0.25, -0.2) is 9.18 Å². The quantitative estimate of drug-likeness (QED) is 0.804. The Morgan fingerprint density at radius 2 is 2.22 bits per heavy atom. The minimum Gasteiger partial charge on any atom is -0.385 e. The van der Waals surface area contributed by atoms with Gasteiger partial charge in [-0.15, -0.1) is 0 Å². The van der Waals surface area contributed by atoms with Gasteiger partial charge in [-0.3, -0.25) is 4.79 Å². The van der Waals surface area contributed by atoms with Crippen LogP contribution in [0.3, 0.4) is 0 Å². The second kappa shape index (κ2) is 6.37. The van der Waals surface area contributed by atoms with Crippen molar-refractivity contribution in [3.63, 3.8) is 0 Å². The molecule has 0 saturated heterocycles. The van der Waals surface area contributed by atoms with Crippen LogP contribution >= 0.6 is 0 Å². The smallest absolute Gasteiger partial charge is 0.319 e. The molecule has 1 atom stereocenters. The van der Waals surface area contributed by atoms with Crippen molar-refractivity contribution in [1.29, 1.82) is 0 Å². The van der Waals surface area contributed by atoms with Gasteiger partial charge in [0.1, 0.15) is 5.82 Å². The van der Waals surface area contributed by atoms with Crippen molar-refractivity contribution >= 4 is 11.9 Å². The second-order valence-electron chi connectivity index (χ2n) is 5.55. The predicted molar refractivity (Wildman–Crippen MR) is 80.9 cm³/mol. The summed E-state index contributed by atoms with van der Waals surface area (Å²) in [6.45, 7) is 1.47. The predicted octanol–water partition coefficient (Wildman–Crippen LogP) is 1.31. The molecular formula is C16H18FN3O3. The standard InChI is InChI=1S/C16H18FN3O3/c1-23-7-3-6-20-9-12-13(15(20)21)14(19-16(22)18-12)10-4-2-5-11(17)8-10/h2,4-5,8,14H,3,6-7,9H2,1H3,(H2,18,19,22). The van der Waals surface area contributed by atoms with E-state index < -0.39 is 11.9 Å². The van der Waals surface area contributed by atoms with E-state index in [2.05, 4.69) is 10.6 Å². The van der Waals surface area contributed by atoms with Crippen LogP contribution in [-0.4, -0.2) is 43.6 Å². The summed E-state index contributed by atoms with van der Waals surface area (Å²) >= 11 is 0. The molecule has 2 aliphatic heterocycles. The number of hydrogen-bond acceptors (Lipinski definition) is 3. The Balaban J connectivity index is 1.86. The Labute approximate surface area is 133 Å². The maximum atomic E-state index is 13.5. The van der Waals surface area contributed by atoms with Gasteiger partial charge in [0.25, 0.3) is 5.91 Å². The van der Waals surface area contributed by atoms with Gasteiger partial charge >= 0.3 is 6.03 Å². The minimum absolute atomic E-state index is 0.141. The first kappa shape index (κ1) is 15.5. The molecule has 2 heterocycles. The van der Waals surface area contributed by atoms with Gasteiger partial charge in [-0.05, 0) is 24.1 Å². The lowest BCUT2D eigenvalue weighted by molar-refractivity contribution is -0.125. The molecule has 1 aromatic carbocycles. The van der Waals surface area contributed by atoms with Crippen LogP contribution < -0.4 is 10.6 Å². The molecule has 0 aromatic heterocycles. The lowest BCUT2D eigenvalue weighted by atomic mass is 9.96. The summed E-state index contributed by atoms with van der Waals surface area (Å²) in [4.78, 5) is 26.2. The molecule has 3 amide bonds. The Morgan fingerprint density at radius 1 is 1.39 bits per heavy atom. The van der Waals surface area contributed by atoms with Crippen molar-refractivity contribution in [2.75, 3.05) is 26.8 Å². The number of urea groups is 1. The number of ether oxygens (including phenoxy) is 1. The molecular weight excluding hydrogens is 301 g/mol. The van der Waals surface area contributed by atoms with Crippen molar-refractivity contribution in [3.8, 4) is 0 Å². The second-order valence-corrected chi connectivity index (χ2v) is 5.55. The molecule has 6 nitrogen and oxygen atoms in total. The number of hydrogen-bond donors (Lipinski definition) is 2. The molecule has 0 bridgehead atoms. The van der Waals surface area contributed by atoms with Crippen molar-refractivity contribution in [2.45, 2.75) is 12.5 Å². The maximum absolute atomic E-state index is 13.5. The summed E-state index contributed by atoms with van der Waals surface area (Å²) in [5, 5.41) is 5.39. The van der Waals surface area contributed by atoms with Crippen molar-refractivity contribution < 1.29 is 18.7 Å². The topological polar surface area (TPSA) is 70.7 Å². The average molecular weight is 319 g/mol. The van der Waals surface area contributed by atoms with E-state index in [1.54, 1.807) is 24.1 Å². The van der Waals surface area contributed by atoms with Crippen molar-refractivity contribution in [3.05, 3.63) is 46.9 Å². The van der Waals surface area contributed by atoms with Crippen LogP contribution in [0.15, 0.2) is 35.5 Å². The van der Waals surface area contributed by atoms with Gasteiger partial charge in [0.2, 0.25) is 0 Å². The molecule has 0 spiro atoms. The largest absolute Gasteiger partial charge is 0.385 e. The lowest BCUT2D eigenvalue weighted by Crippen LogP contribution is -2.44. The molecule has 0 radical (unpaired) electrons. The van der Waals surface area contributed by atoms with Gasteiger partial charge in [0.05, 0.1) is 23.9 Å².